The molecule has 3 aromatic heterocycles. The third-order valence-corrected chi connectivity index (χ3v) is 7.96. The maximum Gasteiger partial charge on any atom is 0.145 e. The minimum Gasteiger partial charge on any atom is -0.361 e. The summed E-state index contributed by atoms with van der Waals surface area (Å²) in [5.41, 5.74) is 2.70. The van der Waals surface area contributed by atoms with Gasteiger partial charge in [-0.25, -0.2) is 9.97 Å². The lowest BCUT2D eigenvalue weighted by molar-refractivity contribution is 0.0899. The topological polar surface area (TPSA) is 81.5 Å². The minimum atomic E-state index is -1.10. The van der Waals surface area contributed by atoms with Crippen molar-refractivity contribution in [3.8, 4) is 17.3 Å². The lowest BCUT2D eigenvalue weighted by Gasteiger charge is -2.37. The van der Waals surface area contributed by atoms with Crippen molar-refractivity contribution in [2.75, 3.05) is 6.61 Å². The van der Waals surface area contributed by atoms with Crippen molar-refractivity contribution in [3.05, 3.63) is 31.0 Å². The van der Waals surface area contributed by atoms with Crippen molar-refractivity contribution in [1.82, 2.24) is 24.3 Å². The molecule has 31 heavy (non-hydrogen) atoms. The van der Waals surface area contributed by atoms with Crippen LogP contribution in [0.15, 0.2) is 31.0 Å². The quantitative estimate of drug-likeness (QED) is 0.344. The number of hydrogen-bond donors (Lipinski definition) is 0. The first-order valence-corrected chi connectivity index (χ1v) is 14.9. The summed E-state index contributed by atoms with van der Waals surface area (Å²) in [5.74, 6) is 1.28. The molecule has 1 fully saturated rings. The van der Waals surface area contributed by atoms with Crippen molar-refractivity contribution in [2.24, 2.45) is 11.8 Å². The molecule has 0 bridgehead atoms. The van der Waals surface area contributed by atoms with Gasteiger partial charge in [0.15, 0.2) is 0 Å². The molecule has 0 aliphatic heterocycles. The van der Waals surface area contributed by atoms with E-state index in [0.717, 1.165) is 40.9 Å². The van der Waals surface area contributed by atoms with Gasteiger partial charge in [-0.3, -0.25) is 4.68 Å². The van der Waals surface area contributed by atoms with Crippen LogP contribution in [0, 0.1) is 23.2 Å². The molecule has 0 spiro atoms. The summed E-state index contributed by atoms with van der Waals surface area (Å²) in [5, 5.41) is 14.9. The highest BCUT2D eigenvalue weighted by Gasteiger charge is 2.34. The van der Waals surface area contributed by atoms with Crippen LogP contribution in [0.4, 0.5) is 0 Å². The Balaban J connectivity index is 1.52. The van der Waals surface area contributed by atoms with Crippen molar-refractivity contribution in [3.63, 3.8) is 0 Å². The molecule has 3 aromatic rings. The zero-order chi connectivity index (χ0) is 22.0. The third-order valence-electron chi connectivity index (χ3n) is 6.25. The van der Waals surface area contributed by atoms with E-state index in [4.69, 9.17) is 4.74 Å². The number of ether oxygens (including phenoxy) is 1. The Labute approximate surface area is 185 Å². The van der Waals surface area contributed by atoms with Gasteiger partial charge in [-0.15, -0.1) is 0 Å². The van der Waals surface area contributed by atoms with Crippen LogP contribution in [0.5, 0.6) is 0 Å². The van der Waals surface area contributed by atoms with Crippen LogP contribution in [-0.2, 0) is 11.5 Å². The molecule has 1 atom stereocenters. The van der Waals surface area contributed by atoms with Crippen molar-refractivity contribution in [1.29, 1.82) is 5.26 Å². The Hall–Kier alpha value is -2.50. The summed E-state index contributed by atoms with van der Waals surface area (Å²) in [6.45, 7) is 10.6. The Morgan fingerprint density at radius 3 is 2.81 bits per heavy atom. The molecule has 164 valence electrons. The molecule has 4 rings (SSSR count). The lowest BCUT2D eigenvalue weighted by atomic mass is 9.71. The Bertz CT molecular complexity index is 1070. The van der Waals surface area contributed by atoms with E-state index in [2.05, 4.69) is 47.7 Å². The van der Waals surface area contributed by atoms with Crippen LogP contribution in [0.3, 0.4) is 0 Å². The Morgan fingerprint density at radius 2 is 2.10 bits per heavy atom. The summed E-state index contributed by atoms with van der Waals surface area (Å²) in [7, 11) is -1.10. The first-order valence-electron chi connectivity index (χ1n) is 11.1. The average molecular weight is 437 g/mol. The molecule has 7 nitrogen and oxygen atoms in total. The molecular formula is C23H32N6OSi. The normalized spacial score (nSPS) is 19.8. The molecule has 0 saturated heterocycles. The van der Waals surface area contributed by atoms with Crippen molar-refractivity contribution >= 4 is 19.1 Å². The molecule has 1 unspecified atom stereocenters. The molecule has 1 saturated carbocycles. The fraction of sp³-hybridized carbons (Fsp3) is 0.565. The molecule has 0 amide bonds. The maximum atomic E-state index is 9.31. The fourth-order valence-corrected chi connectivity index (χ4v) is 5.13. The van der Waals surface area contributed by atoms with Crippen LogP contribution >= 0.6 is 0 Å². The van der Waals surface area contributed by atoms with Gasteiger partial charge < -0.3 is 9.30 Å². The summed E-state index contributed by atoms with van der Waals surface area (Å²) < 4.78 is 9.92. The second kappa shape index (κ2) is 8.93. The largest absolute Gasteiger partial charge is 0.361 e. The van der Waals surface area contributed by atoms with Gasteiger partial charge in [0.05, 0.1) is 30.4 Å². The summed E-state index contributed by atoms with van der Waals surface area (Å²) >= 11 is 0. The number of hydrogen-bond acceptors (Lipinski definition) is 5. The van der Waals surface area contributed by atoms with E-state index in [9.17, 15) is 5.26 Å². The Morgan fingerprint density at radius 1 is 1.29 bits per heavy atom. The van der Waals surface area contributed by atoms with E-state index in [-0.39, 0.29) is 6.04 Å². The van der Waals surface area contributed by atoms with Crippen LogP contribution in [0.2, 0.25) is 25.7 Å². The van der Waals surface area contributed by atoms with Gasteiger partial charge in [0, 0.05) is 38.0 Å². The first kappa shape index (κ1) is 21.7. The van der Waals surface area contributed by atoms with Gasteiger partial charge in [0.1, 0.15) is 18.7 Å². The average Bonchev–Trinajstić information content (AvgIpc) is 3.34. The van der Waals surface area contributed by atoms with E-state index >= 15 is 0 Å². The summed E-state index contributed by atoms with van der Waals surface area (Å²) in [6, 6.07) is 5.67. The molecule has 0 aromatic carbocycles. The van der Waals surface area contributed by atoms with Crippen LogP contribution in [0.25, 0.3) is 22.3 Å². The highest BCUT2D eigenvalue weighted by Crippen LogP contribution is 2.42. The van der Waals surface area contributed by atoms with Crippen molar-refractivity contribution < 1.29 is 4.74 Å². The minimum absolute atomic E-state index is 0.136. The molecule has 1 aliphatic carbocycles. The van der Waals surface area contributed by atoms with Crippen LogP contribution in [0.1, 0.15) is 32.2 Å². The van der Waals surface area contributed by atoms with Crippen molar-refractivity contribution in [2.45, 2.75) is 64.6 Å². The molecule has 0 radical (unpaired) electrons. The van der Waals surface area contributed by atoms with Gasteiger partial charge in [-0.05, 0) is 36.8 Å². The van der Waals surface area contributed by atoms with E-state index in [1.165, 1.54) is 12.8 Å². The highest BCUT2D eigenvalue weighted by atomic mass is 28.3. The van der Waals surface area contributed by atoms with E-state index in [1.54, 1.807) is 6.33 Å². The van der Waals surface area contributed by atoms with E-state index in [1.807, 2.05) is 33.9 Å². The number of nitriles is 1. The molecule has 3 heterocycles. The Kier molecular flexibility index (Phi) is 6.26. The third kappa shape index (κ3) is 4.88. The van der Waals surface area contributed by atoms with Gasteiger partial charge in [0.2, 0.25) is 0 Å². The standard InChI is InChI=1S/C23H32N6OSi/c1-17-11-18(12-17)21(5-7-24)29-14-19(13-27-29)22-20-6-8-28(23(20)26-15-25-22)16-30-9-10-31(2,3)4/h6,8,13-15,17-18,21H,5,9-12,16H2,1-4H3/t17-,18-,21?. The lowest BCUT2D eigenvalue weighted by Crippen LogP contribution is -2.30. The maximum absolute atomic E-state index is 9.31. The zero-order valence-electron chi connectivity index (χ0n) is 19.0. The number of rotatable bonds is 9. The van der Waals surface area contributed by atoms with Crippen LogP contribution in [-0.4, -0.2) is 39.0 Å². The molecule has 8 heteroatoms. The van der Waals surface area contributed by atoms with Gasteiger partial charge in [0.25, 0.3) is 0 Å². The van der Waals surface area contributed by atoms with Gasteiger partial charge >= 0.3 is 0 Å². The zero-order valence-corrected chi connectivity index (χ0v) is 20.0. The van der Waals surface area contributed by atoms with Crippen LogP contribution < -0.4 is 0 Å². The van der Waals surface area contributed by atoms with E-state index in [0.29, 0.717) is 19.1 Å². The monoisotopic (exact) mass is 436 g/mol. The number of aromatic nitrogens is 5. The predicted molar refractivity (Wildman–Crippen MR) is 124 cm³/mol. The van der Waals surface area contributed by atoms with Gasteiger partial charge in [-0.1, -0.05) is 26.6 Å². The van der Waals surface area contributed by atoms with E-state index < -0.39 is 8.07 Å². The number of nitrogens with zero attached hydrogens (tertiary/aromatic N) is 6. The summed E-state index contributed by atoms with van der Waals surface area (Å²) in [4.78, 5) is 9.05. The smallest absolute Gasteiger partial charge is 0.145 e. The fourth-order valence-electron chi connectivity index (χ4n) is 4.37. The molecule has 0 N–H and O–H groups in total. The SMILES string of the molecule is C[Si](C)(C)CCOCn1ccc2c(-c3cnn(C(CC#N)[C@H]4C[C@H](C)C4)c3)ncnc21. The highest BCUT2D eigenvalue weighted by molar-refractivity contribution is 6.76. The molecular weight excluding hydrogens is 404 g/mol. The second-order valence-corrected chi connectivity index (χ2v) is 15.7. The first-order chi connectivity index (χ1) is 14.9. The predicted octanol–water partition coefficient (Wildman–Crippen LogP) is 5.11. The number of fused-ring (bicyclic) bond motifs is 1. The summed E-state index contributed by atoms with van der Waals surface area (Å²) in [6.07, 6.45) is 10.3. The van der Waals surface area contributed by atoms with Gasteiger partial charge in [-0.2, -0.15) is 10.4 Å². The second-order valence-electron chi connectivity index (χ2n) is 10.1. The molecule has 1 aliphatic rings.